The number of aryl methyl sites for hydroxylation is 1. The number of aromatic hydroxyl groups is 1. The topological polar surface area (TPSA) is 48.9 Å². The third-order valence-corrected chi connectivity index (χ3v) is 2.12. The molecule has 2 heterocycles. The Bertz CT molecular complexity index is 420. The molecule has 68 valence electrons. The van der Waals surface area contributed by atoms with Gasteiger partial charge in [0.15, 0.2) is 0 Å². The lowest BCUT2D eigenvalue weighted by Gasteiger charge is -1.95. The molecule has 0 aliphatic rings. The predicted molar refractivity (Wildman–Crippen MR) is 51.8 cm³/mol. The summed E-state index contributed by atoms with van der Waals surface area (Å²) in [7, 11) is 0. The molecular formula is C10H12N2O. The molecule has 0 aromatic carbocycles. The van der Waals surface area contributed by atoms with E-state index in [4.69, 9.17) is 0 Å². The quantitative estimate of drug-likeness (QED) is 0.737. The van der Waals surface area contributed by atoms with Gasteiger partial charge in [-0.2, -0.15) is 0 Å². The Morgan fingerprint density at radius 2 is 2.38 bits per heavy atom. The second-order valence-corrected chi connectivity index (χ2v) is 3.15. The van der Waals surface area contributed by atoms with Crippen molar-refractivity contribution in [3.63, 3.8) is 0 Å². The Balaban J connectivity index is 2.58. The molecule has 0 atom stereocenters. The SMILES string of the molecule is CCCc1c[nH]c2ncc(O)cc12. The molecule has 0 aliphatic carbocycles. The second-order valence-electron chi connectivity index (χ2n) is 3.15. The van der Waals surface area contributed by atoms with E-state index in [1.807, 2.05) is 6.20 Å². The van der Waals surface area contributed by atoms with E-state index in [-0.39, 0.29) is 5.75 Å². The van der Waals surface area contributed by atoms with Gasteiger partial charge < -0.3 is 10.1 Å². The van der Waals surface area contributed by atoms with Crippen LogP contribution in [-0.2, 0) is 6.42 Å². The highest BCUT2D eigenvalue weighted by atomic mass is 16.3. The molecule has 0 spiro atoms. The fraction of sp³-hybridized carbons (Fsp3) is 0.300. The maximum Gasteiger partial charge on any atom is 0.137 e. The molecule has 0 amide bonds. The lowest BCUT2D eigenvalue weighted by atomic mass is 10.1. The number of fused-ring (bicyclic) bond motifs is 1. The summed E-state index contributed by atoms with van der Waals surface area (Å²) in [6.07, 6.45) is 5.53. The van der Waals surface area contributed by atoms with Gasteiger partial charge in [0, 0.05) is 11.6 Å². The fourth-order valence-corrected chi connectivity index (χ4v) is 1.52. The molecule has 13 heavy (non-hydrogen) atoms. The summed E-state index contributed by atoms with van der Waals surface area (Å²) < 4.78 is 0. The summed E-state index contributed by atoms with van der Waals surface area (Å²) in [5, 5.41) is 10.3. The van der Waals surface area contributed by atoms with Crippen molar-refractivity contribution in [3.05, 3.63) is 24.0 Å². The van der Waals surface area contributed by atoms with Crippen LogP contribution in [-0.4, -0.2) is 15.1 Å². The Morgan fingerprint density at radius 3 is 3.15 bits per heavy atom. The number of rotatable bonds is 2. The van der Waals surface area contributed by atoms with Crippen molar-refractivity contribution in [2.75, 3.05) is 0 Å². The molecule has 0 unspecified atom stereocenters. The monoisotopic (exact) mass is 176 g/mol. The number of nitrogens with one attached hydrogen (secondary N) is 1. The van der Waals surface area contributed by atoms with Gasteiger partial charge in [-0.25, -0.2) is 4.98 Å². The average molecular weight is 176 g/mol. The molecule has 3 nitrogen and oxygen atoms in total. The van der Waals surface area contributed by atoms with Crippen LogP contribution in [0.1, 0.15) is 18.9 Å². The molecule has 0 fully saturated rings. The molecule has 3 heteroatoms. The Labute approximate surface area is 76.4 Å². The number of hydrogen-bond donors (Lipinski definition) is 2. The Kier molecular flexibility index (Phi) is 1.93. The minimum absolute atomic E-state index is 0.226. The number of H-pyrrole nitrogens is 1. The largest absolute Gasteiger partial charge is 0.506 e. The standard InChI is InChI=1S/C10H12N2O/c1-2-3-7-5-11-10-9(7)4-8(13)6-12-10/h4-6,13H,2-3H2,1H3,(H,11,12). The minimum Gasteiger partial charge on any atom is -0.506 e. The highest BCUT2D eigenvalue weighted by molar-refractivity contribution is 5.80. The van der Waals surface area contributed by atoms with Crippen molar-refractivity contribution >= 4 is 11.0 Å². The first kappa shape index (κ1) is 8.10. The lowest BCUT2D eigenvalue weighted by molar-refractivity contribution is 0.474. The van der Waals surface area contributed by atoms with Gasteiger partial charge in [0.1, 0.15) is 11.4 Å². The van der Waals surface area contributed by atoms with Crippen LogP contribution in [0.15, 0.2) is 18.5 Å². The molecule has 0 radical (unpaired) electrons. The van der Waals surface area contributed by atoms with Crippen molar-refractivity contribution in [1.82, 2.24) is 9.97 Å². The van der Waals surface area contributed by atoms with Gasteiger partial charge in [-0.1, -0.05) is 13.3 Å². The summed E-state index contributed by atoms with van der Waals surface area (Å²) in [6, 6.07) is 1.75. The molecule has 2 aromatic rings. The first-order valence-electron chi connectivity index (χ1n) is 4.46. The zero-order valence-electron chi connectivity index (χ0n) is 7.54. The van der Waals surface area contributed by atoms with Gasteiger partial charge >= 0.3 is 0 Å². The van der Waals surface area contributed by atoms with Crippen LogP contribution in [0.4, 0.5) is 0 Å². The molecule has 0 saturated carbocycles. The zero-order chi connectivity index (χ0) is 9.26. The van der Waals surface area contributed by atoms with Crippen LogP contribution >= 0.6 is 0 Å². The van der Waals surface area contributed by atoms with Gasteiger partial charge in [-0.05, 0) is 18.1 Å². The van der Waals surface area contributed by atoms with Crippen molar-refractivity contribution in [2.45, 2.75) is 19.8 Å². The Hall–Kier alpha value is -1.51. The molecular weight excluding hydrogens is 164 g/mol. The predicted octanol–water partition coefficient (Wildman–Crippen LogP) is 2.22. The van der Waals surface area contributed by atoms with E-state index in [2.05, 4.69) is 16.9 Å². The molecule has 2 aromatic heterocycles. The average Bonchev–Trinajstić information content (AvgIpc) is 2.49. The first-order chi connectivity index (χ1) is 6.31. The van der Waals surface area contributed by atoms with Crippen LogP contribution in [0, 0.1) is 0 Å². The van der Waals surface area contributed by atoms with Crippen molar-refractivity contribution < 1.29 is 5.11 Å². The van der Waals surface area contributed by atoms with Crippen LogP contribution < -0.4 is 0 Å². The van der Waals surface area contributed by atoms with E-state index in [0.29, 0.717) is 0 Å². The lowest BCUT2D eigenvalue weighted by Crippen LogP contribution is -1.80. The van der Waals surface area contributed by atoms with Gasteiger partial charge in [-0.3, -0.25) is 0 Å². The number of pyridine rings is 1. The van der Waals surface area contributed by atoms with Crippen molar-refractivity contribution in [2.24, 2.45) is 0 Å². The van der Waals surface area contributed by atoms with E-state index < -0.39 is 0 Å². The summed E-state index contributed by atoms with van der Waals surface area (Å²) in [5.74, 6) is 0.226. The molecule has 0 aliphatic heterocycles. The highest BCUT2D eigenvalue weighted by Gasteiger charge is 2.03. The Morgan fingerprint density at radius 1 is 1.54 bits per heavy atom. The minimum atomic E-state index is 0.226. The summed E-state index contributed by atoms with van der Waals surface area (Å²) >= 11 is 0. The molecule has 2 N–H and O–H groups in total. The second kappa shape index (κ2) is 3.09. The van der Waals surface area contributed by atoms with Crippen LogP contribution in [0.3, 0.4) is 0 Å². The van der Waals surface area contributed by atoms with Gasteiger partial charge in [0.05, 0.1) is 6.20 Å². The van der Waals surface area contributed by atoms with Crippen LogP contribution in [0.5, 0.6) is 5.75 Å². The summed E-state index contributed by atoms with van der Waals surface area (Å²) in [4.78, 5) is 7.16. The highest BCUT2D eigenvalue weighted by Crippen LogP contribution is 2.21. The van der Waals surface area contributed by atoms with E-state index in [0.717, 1.165) is 23.9 Å². The third-order valence-electron chi connectivity index (χ3n) is 2.12. The summed E-state index contributed by atoms with van der Waals surface area (Å²) in [6.45, 7) is 2.13. The fourth-order valence-electron chi connectivity index (χ4n) is 1.52. The van der Waals surface area contributed by atoms with Crippen molar-refractivity contribution in [3.8, 4) is 5.75 Å². The van der Waals surface area contributed by atoms with E-state index >= 15 is 0 Å². The van der Waals surface area contributed by atoms with E-state index in [1.54, 1.807) is 6.07 Å². The van der Waals surface area contributed by atoms with E-state index in [1.165, 1.54) is 11.8 Å². The first-order valence-corrected chi connectivity index (χ1v) is 4.46. The molecule has 0 saturated heterocycles. The molecule has 0 bridgehead atoms. The number of aromatic amines is 1. The number of aromatic nitrogens is 2. The third kappa shape index (κ3) is 1.37. The van der Waals surface area contributed by atoms with Crippen LogP contribution in [0.25, 0.3) is 11.0 Å². The van der Waals surface area contributed by atoms with Crippen LogP contribution in [0.2, 0.25) is 0 Å². The number of hydrogen-bond acceptors (Lipinski definition) is 2. The number of nitrogens with zero attached hydrogens (tertiary/aromatic N) is 1. The summed E-state index contributed by atoms with van der Waals surface area (Å²) in [5.41, 5.74) is 2.07. The van der Waals surface area contributed by atoms with Gasteiger partial charge in [0.25, 0.3) is 0 Å². The van der Waals surface area contributed by atoms with E-state index in [9.17, 15) is 5.11 Å². The zero-order valence-corrected chi connectivity index (χ0v) is 7.54. The normalized spacial score (nSPS) is 10.8. The molecule has 2 rings (SSSR count). The maximum absolute atomic E-state index is 9.26. The van der Waals surface area contributed by atoms with Gasteiger partial charge in [0.2, 0.25) is 0 Å². The van der Waals surface area contributed by atoms with Gasteiger partial charge in [-0.15, -0.1) is 0 Å². The maximum atomic E-state index is 9.26. The van der Waals surface area contributed by atoms with Crippen molar-refractivity contribution in [1.29, 1.82) is 0 Å². The smallest absolute Gasteiger partial charge is 0.137 e.